The van der Waals surface area contributed by atoms with Crippen molar-refractivity contribution in [3.05, 3.63) is 46.2 Å². The van der Waals surface area contributed by atoms with Gasteiger partial charge in [-0.05, 0) is 55.9 Å². The largest absolute Gasteiger partial charge is 0.465 e. The first-order valence-corrected chi connectivity index (χ1v) is 10.9. The van der Waals surface area contributed by atoms with E-state index >= 15 is 0 Å². The molecule has 3 aromatic rings. The Bertz CT molecular complexity index is 1150. The Kier molecular flexibility index (Phi) is 6.03. The second-order valence-electron chi connectivity index (χ2n) is 7.23. The van der Waals surface area contributed by atoms with Crippen LogP contribution < -0.4 is 5.32 Å². The van der Waals surface area contributed by atoms with E-state index in [-0.39, 0.29) is 12.0 Å². The van der Waals surface area contributed by atoms with Gasteiger partial charge in [-0.3, -0.25) is 4.79 Å². The number of amides is 1. The molecule has 1 aromatic carbocycles. The molecule has 31 heavy (non-hydrogen) atoms. The minimum atomic E-state index is -1.01. The molecule has 0 radical (unpaired) electrons. The summed E-state index contributed by atoms with van der Waals surface area (Å²) < 4.78 is 15.6. The molecular weight excluding hydrogens is 420 g/mol. The Hall–Kier alpha value is -3.20. The van der Waals surface area contributed by atoms with Crippen LogP contribution >= 0.6 is 11.3 Å². The highest BCUT2D eigenvalue weighted by Crippen LogP contribution is 2.38. The maximum atomic E-state index is 12.9. The number of nitrogens with one attached hydrogen (secondary N) is 1. The van der Waals surface area contributed by atoms with Crippen LogP contribution in [0.4, 0.5) is 5.00 Å². The fourth-order valence-corrected chi connectivity index (χ4v) is 4.95. The van der Waals surface area contributed by atoms with E-state index in [4.69, 9.17) is 13.9 Å². The normalized spacial score (nSPS) is 14.0. The predicted octanol–water partition coefficient (Wildman–Crippen LogP) is 4.13. The average Bonchev–Trinajstić information content (AvgIpc) is 3.40. The van der Waals surface area contributed by atoms with Crippen LogP contribution in [-0.2, 0) is 27.1 Å². The molecule has 4 rings (SSSR count). The van der Waals surface area contributed by atoms with Gasteiger partial charge in [0.25, 0.3) is 5.91 Å². The average molecular weight is 442 g/mol. The molecule has 1 N–H and O–H groups in total. The minimum absolute atomic E-state index is 0.273. The Morgan fingerprint density at radius 2 is 2.03 bits per heavy atom. The van der Waals surface area contributed by atoms with E-state index in [2.05, 4.69) is 10.3 Å². The van der Waals surface area contributed by atoms with Gasteiger partial charge in [0.05, 0.1) is 18.2 Å². The lowest BCUT2D eigenvalue weighted by molar-refractivity contribution is -0.124. The molecule has 8 nitrogen and oxygen atoms in total. The third kappa shape index (κ3) is 4.18. The quantitative estimate of drug-likeness (QED) is 0.572. The summed E-state index contributed by atoms with van der Waals surface area (Å²) >= 11 is 1.39. The molecular formula is C22H22N2O6S. The molecule has 1 aliphatic rings. The zero-order valence-electron chi connectivity index (χ0n) is 17.2. The number of anilines is 1. The number of carbonyl (C=O) groups is 3. The number of aromatic nitrogens is 1. The van der Waals surface area contributed by atoms with Crippen molar-refractivity contribution < 1.29 is 28.3 Å². The maximum Gasteiger partial charge on any atom is 0.341 e. The topological polar surface area (TPSA) is 108 Å². The van der Waals surface area contributed by atoms with Gasteiger partial charge in [0.1, 0.15) is 10.5 Å². The molecule has 0 spiro atoms. The van der Waals surface area contributed by atoms with Crippen molar-refractivity contribution in [1.82, 2.24) is 4.98 Å². The van der Waals surface area contributed by atoms with Crippen molar-refractivity contribution >= 4 is 45.3 Å². The van der Waals surface area contributed by atoms with Crippen molar-refractivity contribution in [1.29, 1.82) is 0 Å². The Labute approximate surface area is 182 Å². The standard InChI is InChI=1S/C22H22N2O6S/c1-3-15(30-21(26)12-8-9-16-14(10-12)23-11-29-16)19(25)24-20-18(22(27)28-2)13-6-4-5-7-17(13)31-20/h8-11,15H,3-7H2,1-2H3,(H,24,25). The minimum Gasteiger partial charge on any atom is -0.465 e. The first-order chi connectivity index (χ1) is 15.0. The van der Waals surface area contributed by atoms with E-state index in [9.17, 15) is 14.4 Å². The van der Waals surface area contributed by atoms with E-state index in [1.807, 2.05) is 0 Å². The Morgan fingerprint density at radius 3 is 2.81 bits per heavy atom. The van der Waals surface area contributed by atoms with Crippen LogP contribution in [0.25, 0.3) is 11.1 Å². The Morgan fingerprint density at radius 1 is 1.23 bits per heavy atom. The van der Waals surface area contributed by atoms with Gasteiger partial charge in [0.2, 0.25) is 0 Å². The number of nitrogens with zero attached hydrogens (tertiary/aromatic N) is 1. The summed E-state index contributed by atoms with van der Waals surface area (Å²) in [7, 11) is 1.32. The number of ether oxygens (including phenoxy) is 2. The lowest BCUT2D eigenvalue weighted by Gasteiger charge is -2.16. The lowest BCUT2D eigenvalue weighted by Crippen LogP contribution is -2.32. The lowest BCUT2D eigenvalue weighted by atomic mass is 9.95. The van der Waals surface area contributed by atoms with Crippen molar-refractivity contribution in [2.45, 2.75) is 45.1 Å². The van der Waals surface area contributed by atoms with Crippen molar-refractivity contribution in [2.24, 2.45) is 0 Å². The van der Waals surface area contributed by atoms with E-state index in [0.29, 0.717) is 21.7 Å². The van der Waals surface area contributed by atoms with E-state index in [1.165, 1.54) is 24.8 Å². The summed E-state index contributed by atoms with van der Waals surface area (Å²) in [6.45, 7) is 1.75. The van der Waals surface area contributed by atoms with Gasteiger partial charge < -0.3 is 19.2 Å². The van der Waals surface area contributed by atoms with Crippen molar-refractivity contribution in [2.75, 3.05) is 12.4 Å². The van der Waals surface area contributed by atoms with Crippen LogP contribution in [0.2, 0.25) is 0 Å². The molecule has 0 aliphatic heterocycles. The summed E-state index contributed by atoms with van der Waals surface area (Å²) in [6.07, 6.45) is 4.26. The van der Waals surface area contributed by atoms with Gasteiger partial charge >= 0.3 is 11.9 Å². The van der Waals surface area contributed by atoms with Gasteiger partial charge in [-0.1, -0.05) is 6.92 Å². The first kappa shape index (κ1) is 21.0. The molecule has 1 unspecified atom stereocenters. The van der Waals surface area contributed by atoms with Crippen LogP contribution in [0, 0.1) is 0 Å². The number of benzene rings is 1. The molecule has 162 valence electrons. The number of methoxy groups -OCH3 is 1. The van der Waals surface area contributed by atoms with Crippen LogP contribution in [0.15, 0.2) is 29.0 Å². The molecule has 2 aromatic heterocycles. The number of hydrogen-bond donors (Lipinski definition) is 1. The van der Waals surface area contributed by atoms with Crippen molar-refractivity contribution in [3.8, 4) is 0 Å². The number of esters is 2. The zero-order chi connectivity index (χ0) is 22.0. The van der Waals surface area contributed by atoms with E-state index in [1.54, 1.807) is 25.1 Å². The highest BCUT2D eigenvalue weighted by molar-refractivity contribution is 7.17. The highest BCUT2D eigenvalue weighted by atomic mass is 32.1. The fourth-order valence-electron chi connectivity index (χ4n) is 3.67. The summed E-state index contributed by atoms with van der Waals surface area (Å²) in [6, 6.07) is 4.73. The molecule has 1 atom stereocenters. The molecule has 0 bridgehead atoms. The number of carbonyl (C=O) groups excluding carboxylic acids is 3. The summed E-state index contributed by atoms with van der Waals surface area (Å²) in [4.78, 5) is 43.0. The summed E-state index contributed by atoms with van der Waals surface area (Å²) in [5.74, 6) is -1.59. The van der Waals surface area contributed by atoms with Gasteiger partial charge in [-0.25, -0.2) is 14.6 Å². The first-order valence-electron chi connectivity index (χ1n) is 10.1. The van der Waals surface area contributed by atoms with Gasteiger partial charge in [0, 0.05) is 4.88 Å². The van der Waals surface area contributed by atoms with E-state index < -0.39 is 23.9 Å². The second-order valence-corrected chi connectivity index (χ2v) is 8.34. The third-order valence-corrected chi connectivity index (χ3v) is 6.48. The number of thiophene rings is 1. The molecule has 9 heteroatoms. The number of hydrogen-bond acceptors (Lipinski definition) is 8. The van der Waals surface area contributed by atoms with Crippen LogP contribution in [0.5, 0.6) is 0 Å². The summed E-state index contributed by atoms with van der Waals surface area (Å²) in [5, 5.41) is 3.24. The van der Waals surface area contributed by atoms with Crippen LogP contribution in [0.3, 0.4) is 0 Å². The van der Waals surface area contributed by atoms with Gasteiger partial charge in [0.15, 0.2) is 18.1 Å². The van der Waals surface area contributed by atoms with Gasteiger partial charge in [-0.2, -0.15) is 0 Å². The monoisotopic (exact) mass is 442 g/mol. The molecule has 0 saturated heterocycles. The number of oxazole rings is 1. The van der Waals surface area contributed by atoms with Crippen LogP contribution in [0.1, 0.15) is 57.3 Å². The van der Waals surface area contributed by atoms with E-state index in [0.717, 1.165) is 36.1 Å². The Balaban J connectivity index is 1.52. The van der Waals surface area contributed by atoms with Crippen molar-refractivity contribution in [3.63, 3.8) is 0 Å². The second kappa shape index (κ2) is 8.89. The molecule has 2 heterocycles. The smallest absolute Gasteiger partial charge is 0.341 e. The molecule has 1 aliphatic carbocycles. The SMILES string of the molecule is CCC(OC(=O)c1ccc2ocnc2c1)C(=O)Nc1sc2c(c1C(=O)OC)CCCC2. The number of aryl methyl sites for hydroxylation is 1. The maximum absolute atomic E-state index is 12.9. The fraction of sp³-hybridized carbons (Fsp3) is 0.364. The molecule has 0 saturated carbocycles. The molecule has 0 fully saturated rings. The predicted molar refractivity (Wildman–Crippen MR) is 114 cm³/mol. The zero-order valence-corrected chi connectivity index (χ0v) is 18.0. The number of rotatable bonds is 6. The third-order valence-electron chi connectivity index (χ3n) is 5.28. The summed E-state index contributed by atoms with van der Waals surface area (Å²) in [5.41, 5.74) is 2.71. The molecule has 1 amide bonds. The van der Waals surface area contributed by atoms with Gasteiger partial charge in [-0.15, -0.1) is 11.3 Å². The highest BCUT2D eigenvalue weighted by Gasteiger charge is 2.29. The van der Waals surface area contributed by atoms with Crippen LogP contribution in [-0.4, -0.2) is 36.0 Å². The number of fused-ring (bicyclic) bond motifs is 2.